The topological polar surface area (TPSA) is 85.2 Å². The van der Waals surface area contributed by atoms with Crippen molar-refractivity contribution in [3.05, 3.63) is 69.4 Å². The number of nitrogens with one attached hydrogen (secondary N) is 1. The zero-order valence-corrected chi connectivity index (χ0v) is 21.8. The number of morpholine rings is 1. The van der Waals surface area contributed by atoms with Gasteiger partial charge >= 0.3 is 0 Å². The van der Waals surface area contributed by atoms with Crippen LogP contribution in [0.5, 0.6) is 0 Å². The zero-order valence-electron chi connectivity index (χ0n) is 20.3. The van der Waals surface area contributed by atoms with Crippen LogP contribution in [0.2, 0.25) is 10.0 Å². The van der Waals surface area contributed by atoms with E-state index in [1.807, 2.05) is 13.0 Å². The molecule has 1 aliphatic carbocycles. The Labute approximate surface area is 220 Å². The number of nitrogens with zero attached hydrogens (tertiary/aromatic N) is 5. The summed E-state index contributed by atoms with van der Waals surface area (Å²) in [5, 5.41) is 8.03. The molecule has 1 aliphatic heterocycles. The van der Waals surface area contributed by atoms with Crippen LogP contribution < -0.4 is 5.32 Å². The summed E-state index contributed by atoms with van der Waals surface area (Å²) in [6, 6.07) is 4.14. The summed E-state index contributed by atoms with van der Waals surface area (Å²) in [6.45, 7) is 7.51. The molecule has 0 radical (unpaired) electrons. The maximum Gasteiger partial charge on any atom is 0.259 e. The second-order valence-electron chi connectivity index (χ2n) is 9.16. The maximum atomic E-state index is 13.0. The first-order valence-corrected chi connectivity index (χ1v) is 12.8. The molecule has 4 heterocycles. The van der Waals surface area contributed by atoms with E-state index in [1.54, 1.807) is 19.2 Å². The van der Waals surface area contributed by atoms with Crippen LogP contribution in [0.1, 0.15) is 46.6 Å². The third-order valence-corrected chi connectivity index (χ3v) is 7.31. The molecule has 1 atom stereocenters. The third kappa shape index (κ3) is 5.18. The van der Waals surface area contributed by atoms with Gasteiger partial charge in [0.25, 0.3) is 5.91 Å². The number of aromatic nitrogens is 4. The third-order valence-electron chi connectivity index (χ3n) is 6.83. The lowest BCUT2D eigenvalue weighted by Gasteiger charge is -2.36. The molecule has 1 unspecified atom stereocenters. The molecule has 10 heteroatoms. The summed E-state index contributed by atoms with van der Waals surface area (Å²) >= 11 is 12.2. The summed E-state index contributed by atoms with van der Waals surface area (Å²) in [7, 11) is 0. The van der Waals surface area contributed by atoms with Gasteiger partial charge in [0.2, 0.25) is 0 Å². The number of carbonyl (C=O) groups is 1. The Kier molecular flexibility index (Phi) is 7.39. The summed E-state index contributed by atoms with van der Waals surface area (Å²) in [6.07, 6.45) is 10.2. The summed E-state index contributed by atoms with van der Waals surface area (Å²) in [5.74, 6) is 0.138. The van der Waals surface area contributed by atoms with Crippen LogP contribution in [0.3, 0.4) is 0 Å². The highest BCUT2D eigenvalue weighted by molar-refractivity contribution is 6.35. The van der Waals surface area contributed by atoms with Gasteiger partial charge in [-0.15, -0.1) is 0 Å². The summed E-state index contributed by atoms with van der Waals surface area (Å²) in [5.41, 5.74) is 4.99. The fourth-order valence-electron chi connectivity index (χ4n) is 4.90. The lowest BCUT2D eigenvalue weighted by atomic mass is 9.90. The molecule has 0 aromatic carbocycles. The highest BCUT2D eigenvalue weighted by Gasteiger charge is 2.24. The average molecular weight is 527 g/mol. The second kappa shape index (κ2) is 10.7. The van der Waals surface area contributed by atoms with Crippen LogP contribution in [0.25, 0.3) is 11.4 Å². The van der Waals surface area contributed by atoms with Crippen molar-refractivity contribution in [2.75, 3.05) is 31.6 Å². The number of ether oxygens (including phenoxy) is 1. The Morgan fingerprint density at radius 2 is 1.92 bits per heavy atom. The molecule has 36 heavy (non-hydrogen) atoms. The first-order valence-electron chi connectivity index (χ1n) is 12.1. The van der Waals surface area contributed by atoms with Crippen molar-refractivity contribution in [3.8, 4) is 5.82 Å². The lowest BCUT2D eigenvalue weighted by Crippen LogP contribution is -2.43. The molecule has 2 aliphatic rings. The zero-order chi connectivity index (χ0) is 25.2. The molecule has 3 aromatic heterocycles. The standard InChI is InChI=1S/C26H28Cl2N6O2/c1-16-11-20(14-29-24(16)18-3-5-21(6-4-18)33-7-9-36-10-8-33)32-26(35)22-15-31-34(17(22)2)25-23(28)12-19(27)13-30-25/h3,11-15,21H,4-10H2,1-2H3,(H,32,35). The van der Waals surface area contributed by atoms with Crippen LogP contribution in [-0.4, -0.2) is 62.9 Å². The van der Waals surface area contributed by atoms with Crippen LogP contribution in [0.15, 0.2) is 36.8 Å². The number of anilines is 1. The number of rotatable bonds is 5. The van der Waals surface area contributed by atoms with Crippen molar-refractivity contribution < 1.29 is 9.53 Å². The Morgan fingerprint density at radius 3 is 2.61 bits per heavy atom. The van der Waals surface area contributed by atoms with Crippen LogP contribution >= 0.6 is 23.2 Å². The van der Waals surface area contributed by atoms with Gasteiger partial charge in [-0.05, 0) is 56.4 Å². The highest BCUT2D eigenvalue weighted by atomic mass is 35.5. The van der Waals surface area contributed by atoms with Crippen molar-refractivity contribution in [2.45, 2.75) is 39.2 Å². The first-order chi connectivity index (χ1) is 17.4. The van der Waals surface area contributed by atoms with Gasteiger partial charge in [0.1, 0.15) is 0 Å². The van der Waals surface area contributed by atoms with Crippen LogP contribution in [0, 0.1) is 13.8 Å². The number of amides is 1. The van der Waals surface area contributed by atoms with Gasteiger partial charge in [-0.2, -0.15) is 5.10 Å². The smallest absolute Gasteiger partial charge is 0.259 e. The lowest BCUT2D eigenvalue weighted by molar-refractivity contribution is 0.0150. The molecule has 1 saturated heterocycles. The number of hydrogen-bond donors (Lipinski definition) is 1. The number of allylic oxidation sites excluding steroid dienone is 1. The predicted molar refractivity (Wildman–Crippen MR) is 141 cm³/mol. The average Bonchev–Trinajstić information content (AvgIpc) is 3.26. The van der Waals surface area contributed by atoms with E-state index in [9.17, 15) is 4.79 Å². The molecule has 0 bridgehead atoms. The molecule has 1 amide bonds. The fourth-order valence-corrected chi connectivity index (χ4v) is 5.36. The minimum absolute atomic E-state index is 0.275. The molecule has 5 rings (SSSR count). The van der Waals surface area contributed by atoms with Gasteiger partial charge < -0.3 is 10.1 Å². The van der Waals surface area contributed by atoms with Crippen molar-refractivity contribution in [1.82, 2.24) is 24.6 Å². The SMILES string of the molecule is Cc1cc(NC(=O)c2cnn(-c3ncc(Cl)cc3Cl)c2C)cnc1C1=CCC(N2CCOCC2)CC1. The number of pyridine rings is 2. The van der Waals surface area contributed by atoms with Crippen molar-refractivity contribution in [3.63, 3.8) is 0 Å². The number of aryl methyl sites for hydroxylation is 1. The van der Waals surface area contributed by atoms with E-state index in [2.05, 4.69) is 26.4 Å². The van der Waals surface area contributed by atoms with Gasteiger partial charge in [0.15, 0.2) is 5.82 Å². The van der Waals surface area contributed by atoms with Crippen molar-refractivity contribution in [2.24, 2.45) is 0 Å². The molecule has 1 fully saturated rings. The molecule has 188 valence electrons. The van der Waals surface area contributed by atoms with E-state index in [0.29, 0.717) is 38.8 Å². The molecule has 3 aromatic rings. The highest BCUT2D eigenvalue weighted by Crippen LogP contribution is 2.31. The molecule has 8 nitrogen and oxygen atoms in total. The van der Waals surface area contributed by atoms with Gasteiger partial charge in [0, 0.05) is 25.3 Å². The number of halogens is 2. The Balaban J connectivity index is 1.27. The van der Waals surface area contributed by atoms with Gasteiger partial charge in [0.05, 0.1) is 58.3 Å². The first kappa shape index (κ1) is 24.9. The predicted octanol–water partition coefficient (Wildman–Crippen LogP) is 5.11. The molecule has 0 saturated carbocycles. The monoisotopic (exact) mass is 526 g/mol. The Hall–Kier alpha value is -2.78. The molecule has 0 spiro atoms. The summed E-state index contributed by atoms with van der Waals surface area (Å²) in [4.78, 5) is 24.5. The molecular formula is C26H28Cl2N6O2. The Morgan fingerprint density at radius 1 is 1.11 bits per heavy atom. The summed E-state index contributed by atoms with van der Waals surface area (Å²) < 4.78 is 7.01. The van der Waals surface area contributed by atoms with E-state index in [4.69, 9.17) is 32.9 Å². The fraction of sp³-hybridized carbons (Fsp3) is 0.385. The molecule has 1 N–H and O–H groups in total. The number of hydrogen-bond acceptors (Lipinski definition) is 6. The number of carbonyl (C=O) groups excluding carboxylic acids is 1. The van der Waals surface area contributed by atoms with Crippen molar-refractivity contribution in [1.29, 1.82) is 0 Å². The van der Waals surface area contributed by atoms with E-state index < -0.39 is 0 Å². The van der Waals surface area contributed by atoms with E-state index in [1.165, 1.54) is 22.6 Å². The van der Waals surface area contributed by atoms with E-state index >= 15 is 0 Å². The van der Waals surface area contributed by atoms with E-state index in [-0.39, 0.29) is 5.91 Å². The van der Waals surface area contributed by atoms with Gasteiger partial charge in [-0.3, -0.25) is 14.7 Å². The van der Waals surface area contributed by atoms with Crippen LogP contribution in [-0.2, 0) is 4.74 Å². The minimum atomic E-state index is -0.275. The normalized spacial score (nSPS) is 18.7. The minimum Gasteiger partial charge on any atom is -0.379 e. The quantitative estimate of drug-likeness (QED) is 0.497. The largest absolute Gasteiger partial charge is 0.379 e. The van der Waals surface area contributed by atoms with Gasteiger partial charge in [-0.1, -0.05) is 29.3 Å². The van der Waals surface area contributed by atoms with E-state index in [0.717, 1.165) is 56.8 Å². The maximum absolute atomic E-state index is 13.0. The van der Waals surface area contributed by atoms with Crippen LogP contribution in [0.4, 0.5) is 5.69 Å². The van der Waals surface area contributed by atoms with Gasteiger partial charge in [-0.25, -0.2) is 9.67 Å². The van der Waals surface area contributed by atoms with Crippen molar-refractivity contribution >= 4 is 40.4 Å². The Bertz CT molecular complexity index is 1320. The molecular weight excluding hydrogens is 499 g/mol. The second-order valence-corrected chi connectivity index (χ2v) is 10.0.